The molecule has 128 valence electrons. The van der Waals surface area contributed by atoms with E-state index in [2.05, 4.69) is 5.32 Å². The molecule has 0 aromatic heterocycles. The molecule has 0 aliphatic heterocycles. The lowest BCUT2D eigenvalue weighted by atomic mass is 9.85. The fourth-order valence-electron chi connectivity index (χ4n) is 2.62. The predicted molar refractivity (Wildman–Crippen MR) is 81.9 cm³/mol. The normalized spacial score (nSPS) is 21.8. The van der Waals surface area contributed by atoms with Gasteiger partial charge < -0.3 is 10.1 Å². The molecular formula is C15H16Cl2F3NO2. The minimum absolute atomic E-state index is 0.0901. The number of halogens is 5. The molecule has 2 rings (SSSR count). The van der Waals surface area contributed by atoms with Crippen LogP contribution < -0.4 is 10.1 Å². The number of alkyl halides is 3. The number of benzene rings is 1. The van der Waals surface area contributed by atoms with E-state index < -0.39 is 24.0 Å². The standard InChI is InChI=1S/C15H16Cl2F3NO2/c16-10-4-5-12(17)13(7-10)23-8-14(22)21-11-3-1-2-9(6-11)15(18,19)20/h4-5,7,9,11H,1-3,6,8H2,(H,21,22). The lowest BCUT2D eigenvalue weighted by Gasteiger charge is -2.31. The molecule has 8 heteroatoms. The second-order valence-electron chi connectivity index (χ2n) is 5.53. The molecule has 1 N–H and O–H groups in total. The summed E-state index contributed by atoms with van der Waals surface area (Å²) in [4.78, 5) is 11.8. The van der Waals surface area contributed by atoms with Crippen LogP contribution >= 0.6 is 23.2 Å². The maximum Gasteiger partial charge on any atom is 0.391 e. The quantitative estimate of drug-likeness (QED) is 0.841. The first-order chi connectivity index (χ1) is 10.8. The van der Waals surface area contributed by atoms with E-state index in [4.69, 9.17) is 27.9 Å². The second-order valence-corrected chi connectivity index (χ2v) is 6.38. The van der Waals surface area contributed by atoms with Crippen LogP contribution in [0, 0.1) is 5.92 Å². The fourth-order valence-corrected chi connectivity index (χ4v) is 2.95. The average molecular weight is 370 g/mol. The molecular weight excluding hydrogens is 354 g/mol. The Hall–Kier alpha value is -1.14. The molecule has 2 unspecified atom stereocenters. The van der Waals surface area contributed by atoms with E-state index in [9.17, 15) is 18.0 Å². The average Bonchev–Trinajstić information content (AvgIpc) is 2.47. The Morgan fingerprint density at radius 3 is 2.74 bits per heavy atom. The van der Waals surface area contributed by atoms with Crippen molar-refractivity contribution in [3.05, 3.63) is 28.2 Å². The molecule has 1 saturated carbocycles. The van der Waals surface area contributed by atoms with Crippen molar-refractivity contribution < 1.29 is 22.7 Å². The lowest BCUT2D eigenvalue weighted by Crippen LogP contribution is -2.43. The van der Waals surface area contributed by atoms with Gasteiger partial charge in [0.05, 0.1) is 10.9 Å². The van der Waals surface area contributed by atoms with Gasteiger partial charge in [-0.3, -0.25) is 4.79 Å². The van der Waals surface area contributed by atoms with Crippen molar-refractivity contribution >= 4 is 29.1 Å². The monoisotopic (exact) mass is 369 g/mol. The molecule has 0 heterocycles. The van der Waals surface area contributed by atoms with Crippen molar-refractivity contribution in [3.8, 4) is 5.75 Å². The third-order valence-electron chi connectivity index (χ3n) is 3.75. The number of amides is 1. The van der Waals surface area contributed by atoms with Crippen LogP contribution in [0.5, 0.6) is 5.75 Å². The molecule has 0 radical (unpaired) electrons. The predicted octanol–water partition coefficient (Wildman–Crippen LogP) is 4.61. The molecule has 0 saturated heterocycles. The highest BCUT2D eigenvalue weighted by Crippen LogP contribution is 2.37. The summed E-state index contributed by atoms with van der Waals surface area (Å²) >= 11 is 11.7. The van der Waals surface area contributed by atoms with E-state index in [1.807, 2.05) is 0 Å². The Morgan fingerprint density at radius 2 is 2.04 bits per heavy atom. The third kappa shape index (κ3) is 5.46. The van der Waals surface area contributed by atoms with Crippen LogP contribution in [0.1, 0.15) is 25.7 Å². The zero-order valence-electron chi connectivity index (χ0n) is 12.1. The molecule has 3 nitrogen and oxygen atoms in total. The molecule has 1 aromatic rings. The Kier molecular flexibility index (Phi) is 6.03. The van der Waals surface area contributed by atoms with Gasteiger partial charge in [0.1, 0.15) is 5.75 Å². The Balaban J connectivity index is 1.84. The van der Waals surface area contributed by atoms with Crippen LogP contribution in [0.25, 0.3) is 0 Å². The van der Waals surface area contributed by atoms with Crippen molar-refractivity contribution in [1.29, 1.82) is 0 Å². The minimum Gasteiger partial charge on any atom is -0.482 e. The fraction of sp³-hybridized carbons (Fsp3) is 0.533. The van der Waals surface area contributed by atoms with Gasteiger partial charge in [-0.25, -0.2) is 0 Å². The van der Waals surface area contributed by atoms with Crippen LogP contribution in [0.3, 0.4) is 0 Å². The van der Waals surface area contributed by atoms with Crippen molar-refractivity contribution in [1.82, 2.24) is 5.32 Å². The highest BCUT2D eigenvalue weighted by molar-refractivity contribution is 6.34. The molecule has 2 atom stereocenters. The maximum absolute atomic E-state index is 12.7. The highest BCUT2D eigenvalue weighted by atomic mass is 35.5. The summed E-state index contributed by atoms with van der Waals surface area (Å²) in [7, 11) is 0. The zero-order valence-corrected chi connectivity index (χ0v) is 13.6. The first kappa shape index (κ1) is 18.2. The molecule has 1 aliphatic rings. The maximum atomic E-state index is 12.7. The van der Waals surface area contributed by atoms with Crippen LogP contribution in [-0.2, 0) is 4.79 Å². The second kappa shape index (κ2) is 7.62. The third-order valence-corrected chi connectivity index (χ3v) is 4.30. The number of carbonyl (C=O) groups is 1. The summed E-state index contributed by atoms with van der Waals surface area (Å²) < 4.78 is 43.5. The van der Waals surface area contributed by atoms with Gasteiger partial charge in [-0.15, -0.1) is 0 Å². The summed E-state index contributed by atoms with van der Waals surface area (Å²) in [5, 5.41) is 3.30. The van der Waals surface area contributed by atoms with Crippen molar-refractivity contribution in [2.75, 3.05) is 6.61 Å². The molecule has 0 spiro atoms. The van der Waals surface area contributed by atoms with E-state index in [-0.39, 0.29) is 25.2 Å². The van der Waals surface area contributed by atoms with Crippen molar-refractivity contribution in [3.63, 3.8) is 0 Å². The Bertz CT molecular complexity index is 566. The largest absolute Gasteiger partial charge is 0.482 e. The molecule has 23 heavy (non-hydrogen) atoms. The first-order valence-corrected chi connectivity index (χ1v) is 7.95. The van der Waals surface area contributed by atoms with Gasteiger partial charge in [0.15, 0.2) is 6.61 Å². The molecule has 1 aromatic carbocycles. The highest BCUT2D eigenvalue weighted by Gasteiger charge is 2.42. The van der Waals surface area contributed by atoms with E-state index in [0.717, 1.165) is 0 Å². The van der Waals surface area contributed by atoms with E-state index in [1.54, 1.807) is 6.07 Å². The first-order valence-electron chi connectivity index (χ1n) is 7.19. The number of nitrogens with one attached hydrogen (secondary N) is 1. The van der Waals surface area contributed by atoms with Gasteiger partial charge in [-0.2, -0.15) is 13.2 Å². The summed E-state index contributed by atoms with van der Waals surface area (Å²) in [6, 6.07) is 4.10. The number of carbonyl (C=O) groups excluding carboxylic acids is 1. The number of ether oxygens (including phenoxy) is 1. The molecule has 0 bridgehead atoms. The summed E-state index contributed by atoms with van der Waals surface area (Å²) in [6.45, 7) is -0.326. The van der Waals surface area contributed by atoms with Gasteiger partial charge in [-0.1, -0.05) is 29.6 Å². The van der Waals surface area contributed by atoms with E-state index in [1.165, 1.54) is 12.1 Å². The zero-order chi connectivity index (χ0) is 17.0. The van der Waals surface area contributed by atoms with Crippen molar-refractivity contribution in [2.45, 2.75) is 37.9 Å². The topological polar surface area (TPSA) is 38.3 Å². The van der Waals surface area contributed by atoms with Gasteiger partial charge in [0.25, 0.3) is 5.91 Å². The lowest BCUT2D eigenvalue weighted by molar-refractivity contribution is -0.184. The van der Waals surface area contributed by atoms with Crippen LogP contribution in [-0.4, -0.2) is 24.7 Å². The number of rotatable bonds is 4. The van der Waals surface area contributed by atoms with Crippen LogP contribution in [0.4, 0.5) is 13.2 Å². The van der Waals surface area contributed by atoms with Crippen LogP contribution in [0.2, 0.25) is 10.0 Å². The smallest absolute Gasteiger partial charge is 0.391 e. The molecule has 1 fully saturated rings. The number of hydrogen-bond donors (Lipinski definition) is 1. The van der Waals surface area contributed by atoms with Gasteiger partial charge >= 0.3 is 6.18 Å². The SMILES string of the molecule is O=C(COc1cc(Cl)ccc1Cl)NC1CCCC(C(F)(F)F)C1. The summed E-state index contributed by atoms with van der Waals surface area (Å²) in [5.74, 6) is -1.58. The molecule has 1 aliphatic carbocycles. The Morgan fingerprint density at radius 1 is 1.30 bits per heavy atom. The van der Waals surface area contributed by atoms with Gasteiger partial charge in [0, 0.05) is 17.1 Å². The Labute approximate surface area is 142 Å². The van der Waals surface area contributed by atoms with Crippen molar-refractivity contribution in [2.24, 2.45) is 5.92 Å². The summed E-state index contributed by atoms with van der Waals surface area (Å²) in [5.41, 5.74) is 0. The number of hydrogen-bond acceptors (Lipinski definition) is 2. The van der Waals surface area contributed by atoms with E-state index >= 15 is 0 Å². The van der Waals surface area contributed by atoms with E-state index in [0.29, 0.717) is 22.9 Å². The summed E-state index contributed by atoms with van der Waals surface area (Å²) in [6.07, 6.45) is -3.21. The minimum atomic E-state index is -4.21. The van der Waals surface area contributed by atoms with Gasteiger partial charge in [-0.05, 0) is 31.4 Å². The van der Waals surface area contributed by atoms with Crippen LogP contribution in [0.15, 0.2) is 18.2 Å². The van der Waals surface area contributed by atoms with Gasteiger partial charge in [0.2, 0.25) is 0 Å². The molecule has 1 amide bonds.